The molecule has 0 aliphatic carbocycles. The summed E-state index contributed by atoms with van der Waals surface area (Å²) in [5, 5.41) is 10.9. The van der Waals surface area contributed by atoms with E-state index in [1.54, 1.807) is 61.1 Å². The molecule has 2 aromatic heterocycles. The number of Topliss-reactive ketones (excluding diaryl/α,β-unsaturated/α-hetero) is 1. The number of hydrogen-bond acceptors (Lipinski definition) is 8. The number of thiazole rings is 1. The molecule has 0 saturated carbocycles. The Morgan fingerprint density at radius 3 is 2.46 bits per heavy atom. The molecule has 10 heteroatoms. The van der Waals surface area contributed by atoms with Gasteiger partial charge < -0.3 is 9.15 Å². The molecule has 2 aromatic carbocycles. The fraction of sp³-hybridized carbons (Fsp3) is 0.148. The number of benzene rings is 2. The molecule has 1 unspecified atom stereocenters. The molecule has 0 N–H and O–H groups in total. The molecule has 0 fully saturated rings. The van der Waals surface area contributed by atoms with Gasteiger partial charge in [-0.05, 0) is 55.8 Å². The monoisotopic (exact) mass is 515 g/mol. The highest BCUT2D eigenvalue weighted by Gasteiger charge is 2.30. The molecule has 0 spiro atoms. The van der Waals surface area contributed by atoms with E-state index in [1.165, 1.54) is 30.4 Å². The Labute approximate surface area is 214 Å². The number of nitro groups is 1. The number of furan rings is 1. The van der Waals surface area contributed by atoms with E-state index >= 15 is 0 Å². The SMILES string of the molecule is COc1ccc(C2C(C(C)=O)=C(C)N=c3sc(=Cc4ccc(-c5ccc([N+](=O)[O-])cc5)o4)c(=O)n32)cc1. The van der Waals surface area contributed by atoms with Gasteiger partial charge in [0.2, 0.25) is 0 Å². The fourth-order valence-electron chi connectivity index (χ4n) is 4.33. The van der Waals surface area contributed by atoms with Crippen molar-refractivity contribution in [2.24, 2.45) is 4.99 Å². The maximum Gasteiger partial charge on any atom is 0.271 e. The van der Waals surface area contributed by atoms with Crippen LogP contribution in [-0.4, -0.2) is 22.4 Å². The van der Waals surface area contributed by atoms with Crippen molar-refractivity contribution in [2.45, 2.75) is 19.9 Å². The van der Waals surface area contributed by atoms with Gasteiger partial charge >= 0.3 is 0 Å². The lowest BCUT2D eigenvalue weighted by atomic mass is 9.93. The summed E-state index contributed by atoms with van der Waals surface area (Å²) in [5.74, 6) is 1.47. The van der Waals surface area contributed by atoms with Crippen LogP contribution in [0.2, 0.25) is 0 Å². The Balaban J connectivity index is 1.59. The number of nitrogens with zero attached hydrogens (tertiary/aromatic N) is 3. The molecule has 9 nitrogen and oxygen atoms in total. The first-order valence-corrected chi connectivity index (χ1v) is 12.1. The molecule has 0 bridgehead atoms. The summed E-state index contributed by atoms with van der Waals surface area (Å²) in [5.41, 5.74) is 2.17. The third-order valence-corrected chi connectivity index (χ3v) is 7.08. The number of ketones is 1. The van der Waals surface area contributed by atoms with E-state index < -0.39 is 11.0 Å². The van der Waals surface area contributed by atoms with Crippen LogP contribution in [0.4, 0.5) is 5.69 Å². The third-order valence-electron chi connectivity index (χ3n) is 6.10. The van der Waals surface area contributed by atoms with E-state index in [0.717, 1.165) is 5.56 Å². The number of fused-ring (bicyclic) bond motifs is 1. The normalized spacial score (nSPS) is 15.3. The lowest BCUT2D eigenvalue weighted by Gasteiger charge is -2.24. The minimum absolute atomic E-state index is 0.0109. The summed E-state index contributed by atoms with van der Waals surface area (Å²) in [6.07, 6.45) is 1.64. The van der Waals surface area contributed by atoms with E-state index in [-0.39, 0.29) is 17.0 Å². The third kappa shape index (κ3) is 4.43. The number of hydrogen-bond donors (Lipinski definition) is 0. The molecule has 1 atom stereocenters. The van der Waals surface area contributed by atoms with Crippen LogP contribution in [0.25, 0.3) is 17.4 Å². The van der Waals surface area contributed by atoms with Crippen molar-refractivity contribution in [3.8, 4) is 17.1 Å². The zero-order valence-corrected chi connectivity index (χ0v) is 20.9. The zero-order chi connectivity index (χ0) is 26.3. The molecule has 3 heterocycles. The number of rotatable bonds is 6. The van der Waals surface area contributed by atoms with Crippen LogP contribution in [0.15, 0.2) is 86.1 Å². The van der Waals surface area contributed by atoms with Crippen molar-refractivity contribution >= 4 is 28.9 Å². The number of nitro benzene ring substituents is 1. The second-order valence-electron chi connectivity index (χ2n) is 8.42. The summed E-state index contributed by atoms with van der Waals surface area (Å²) in [6.45, 7) is 3.25. The second kappa shape index (κ2) is 9.47. The van der Waals surface area contributed by atoms with E-state index in [9.17, 15) is 19.7 Å². The van der Waals surface area contributed by atoms with Gasteiger partial charge in [0.05, 0.1) is 22.6 Å². The molecule has 0 radical (unpaired) electrons. The number of methoxy groups -OCH3 is 1. The topological polar surface area (TPSA) is 117 Å². The molecular formula is C27H21N3O6S. The molecule has 37 heavy (non-hydrogen) atoms. The summed E-state index contributed by atoms with van der Waals surface area (Å²) in [7, 11) is 1.57. The van der Waals surface area contributed by atoms with Gasteiger partial charge in [-0.1, -0.05) is 23.5 Å². The highest BCUT2D eigenvalue weighted by atomic mass is 32.1. The Kier molecular flexibility index (Phi) is 6.18. The van der Waals surface area contributed by atoms with Crippen LogP contribution in [0, 0.1) is 10.1 Å². The number of carbonyl (C=O) groups is 1. The lowest BCUT2D eigenvalue weighted by Crippen LogP contribution is -2.39. The van der Waals surface area contributed by atoms with Crippen molar-refractivity contribution in [1.29, 1.82) is 0 Å². The molecule has 5 rings (SSSR count). The van der Waals surface area contributed by atoms with Crippen LogP contribution in [0.5, 0.6) is 5.75 Å². The van der Waals surface area contributed by atoms with Gasteiger partial charge in [-0.2, -0.15) is 0 Å². The summed E-state index contributed by atoms with van der Waals surface area (Å²) in [6, 6.07) is 16.1. The predicted molar refractivity (Wildman–Crippen MR) is 138 cm³/mol. The molecule has 0 saturated heterocycles. The van der Waals surface area contributed by atoms with E-state index in [1.807, 2.05) is 12.1 Å². The average molecular weight is 516 g/mol. The van der Waals surface area contributed by atoms with E-state index in [4.69, 9.17) is 9.15 Å². The maximum atomic E-state index is 13.6. The Hall–Kier alpha value is -4.57. The number of non-ortho nitro benzene ring substituents is 1. The number of aromatic nitrogens is 1. The molecule has 1 aliphatic rings. The molecular weight excluding hydrogens is 494 g/mol. The van der Waals surface area contributed by atoms with Gasteiger partial charge in [0.15, 0.2) is 10.6 Å². The quantitative estimate of drug-likeness (QED) is 0.283. The van der Waals surface area contributed by atoms with Crippen LogP contribution >= 0.6 is 11.3 Å². The lowest BCUT2D eigenvalue weighted by molar-refractivity contribution is -0.384. The van der Waals surface area contributed by atoms with Crippen molar-refractivity contribution in [3.63, 3.8) is 0 Å². The molecule has 1 aliphatic heterocycles. The number of allylic oxidation sites excluding steroid dienone is 2. The molecule has 4 aromatic rings. The minimum Gasteiger partial charge on any atom is -0.497 e. The van der Waals surface area contributed by atoms with E-state index in [2.05, 4.69) is 4.99 Å². The van der Waals surface area contributed by atoms with Gasteiger partial charge in [-0.15, -0.1) is 0 Å². The van der Waals surface area contributed by atoms with Gasteiger partial charge in [0.25, 0.3) is 11.2 Å². The van der Waals surface area contributed by atoms with Gasteiger partial charge in [0.1, 0.15) is 17.3 Å². The Morgan fingerprint density at radius 1 is 1.14 bits per heavy atom. The van der Waals surface area contributed by atoms with Crippen molar-refractivity contribution in [1.82, 2.24) is 4.57 Å². The first kappa shape index (κ1) is 24.1. The predicted octanol–water partition coefficient (Wildman–Crippen LogP) is 4.00. The molecule has 186 valence electrons. The molecule has 0 amide bonds. The maximum absolute atomic E-state index is 13.6. The minimum atomic E-state index is -0.617. The van der Waals surface area contributed by atoms with Crippen LogP contribution in [0.3, 0.4) is 0 Å². The van der Waals surface area contributed by atoms with Crippen molar-refractivity contribution in [3.05, 3.63) is 113 Å². The first-order valence-electron chi connectivity index (χ1n) is 11.3. The van der Waals surface area contributed by atoms with E-state index in [0.29, 0.717) is 43.4 Å². The largest absolute Gasteiger partial charge is 0.497 e. The van der Waals surface area contributed by atoms with Crippen molar-refractivity contribution in [2.75, 3.05) is 7.11 Å². The van der Waals surface area contributed by atoms with Crippen molar-refractivity contribution < 1.29 is 18.9 Å². The Morgan fingerprint density at radius 2 is 1.84 bits per heavy atom. The highest BCUT2D eigenvalue weighted by Crippen LogP contribution is 2.31. The van der Waals surface area contributed by atoms with Crippen LogP contribution in [-0.2, 0) is 4.79 Å². The van der Waals surface area contributed by atoms with Gasteiger partial charge in [-0.25, -0.2) is 4.99 Å². The van der Waals surface area contributed by atoms with Gasteiger partial charge in [0, 0.05) is 35.0 Å². The number of ether oxygens (including phenoxy) is 1. The number of carbonyl (C=O) groups excluding carboxylic acids is 1. The van der Waals surface area contributed by atoms with Crippen LogP contribution < -0.4 is 19.6 Å². The summed E-state index contributed by atoms with van der Waals surface area (Å²) in [4.78, 5) is 41.7. The highest BCUT2D eigenvalue weighted by molar-refractivity contribution is 7.07. The smallest absolute Gasteiger partial charge is 0.271 e. The fourth-order valence-corrected chi connectivity index (χ4v) is 5.36. The van der Waals surface area contributed by atoms with Crippen LogP contribution in [0.1, 0.15) is 31.2 Å². The second-order valence-corrected chi connectivity index (χ2v) is 9.43. The van der Waals surface area contributed by atoms with Gasteiger partial charge in [-0.3, -0.25) is 24.3 Å². The summed E-state index contributed by atoms with van der Waals surface area (Å²) < 4.78 is 13.1. The Bertz CT molecular complexity index is 1740. The average Bonchev–Trinajstić information content (AvgIpc) is 3.47. The summed E-state index contributed by atoms with van der Waals surface area (Å²) >= 11 is 1.21. The standard InChI is InChI=1S/C27H21N3O6S/c1-15-24(16(2)31)25(18-6-10-20(35-3)11-7-18)29-26(32)23(37-27(29)28-15)14-21-12-13-22(36-21)17-4-8-19(9-5-17)30(33)34/h4-14,25H,1-3H3. The zero-order valence-electron chi connectivity index (χ0n) is 20.1. The first-order chi connectivity index (χ1) is 17.8.